The summed E-state index contributed by atoms with van der Waals surface area (Å²) in [4.78, 5) is 7.60. The standard InChI is InChI=1S/C21H40N4O3S.HI/c1-2-22-20(23-7-3-10-28-16-19-4-11-26-12-5-19)24-17-21(6-15-29-18-21)25-8-13-27-14-9-25;/h19H,2-18H2,1H3,(H2,22,23,24);1H. The molecule has 1 atom stereocenters. The highest BCUT2D eigenvalue weighted by atomic mass is 127. The molecular formula is C21H41IN4O3S. The summed E-state index contributed by atoms with van der Waals surface area (Å²) in [5.74, 6) is 4.02. The first-order valence-electron chi connectivity index (χ1n) is 11.4. The molecule has 176 valence electrons. The van der Waals surface area contributed by atoms with Crippen molar-refractivity contribution in [3.8, 4) is 0 Å². The van der Waals surface area contributed by atoms with Gasteiger partial charge in [-0.25, -0.2) is 0 Å². The van der Waals surface area contributed by atoms with Gasteiger partial charge in [-0.3, -0.25) is 9.89 Å². The molecule has 1 unspecified atom stereocenters. The monoisotopic (exact) mass is 556 g/mol. The minimum atomic E-state index is 0. The van der Waals surface area contributed by atoms with Gasteiger partial charge in [0.1, 0.15) is 0 Å². The largest absolute Gasteiger partial charge is 0.381 e. The molecule has 30 heavy (non-hydrogen) atoms. The highest BCUT2D eigenvalue weighted by molar-refractivity contribution is 14.0. The molecule has 3 aliphatic heterocycles. The maximum Gasteiger partial charge on any atom is 0.191 e. The van der Waals surface area contributed by atoms with Gasteiger partial charge in [-0.1, -0.05) is 0 Å². The van der Waals surface area contributed by atoms with Crippen molar-refractivity contribution in [3.05, 3.63) is 0 Å². The summed E-state index contributed by atoms with van der Waals surface area (Å²) in [6.07, 6.45) is 4.50. The Bertz CT molecular complexity index is 483. The number of rotatable bonds is 10. The molecule has 0 aromatic heterocycles. The number of aliphatic imine (C=N–C) groups is 1. The predicted molar refractivity (Wildman–Crippen MR) is 135 cm³/mol. The third-order valence-corrected chi connectivity index (χ3v) is 7.33. The second-order valence-corrected chi connectivity index (χ2v) is 9.34. The molecule has 3 heterocycles. The zero-order chi connectivity index (χ0) is 20.2. The number of hydrogen-bond donors (Lipinski definition) is 2. The maximum absolute atomic E-state index is 5.87. The number of nitrogens with one attached hydrogen (secondary N) is 2. The Kier molecular flexibility index (Phi) is 13.3. The third kappa shape index (κ3) is 8.61. The van der Waals surface area contributed by atoms with E-state index in [1.165, 1.54) is 17.9 Å². The molecule has 9 heteroatoms. The van der Waals surface area contributed by atoms with E-state index in [0.717, 1.165) is 97.6 Å². The van der Waals surface area contributed by atoms with Gasteiger partial charge < -0.3 is 24.8 Å². The SMILES string of the molecule is CCNC(=NCC1(N2CCOCC2)CCSC1)NCCCOCC1CCOCC1.I. The summed E-state index contributed by atoms with van der Waals surface area (Å²) < 4.78 is 16.8. The van der Waals surface area contributed by atoms with Crippen LogP contribution in [-0.2, 0) is 14.2 Å². The number of morpholine rings is 1. The zero-order valence-corrected chi connectivity index (χ0v) is 21.7. The van der Waals surface area contributed by atoms with Crippen LogP contribution in [0.2, 0.25) is 0 Å². The van der Waals surface area contributed by atoms with Gasteiger partial charge in [0.25, 0.3) is 0 Å². The molecule has 2 N–H and O–H groups in total. The molecule has 3 rings (SSSR count). The topological polar surface area (TPSA) is 67.4 Å². The van der Waals surface area contributed by atoms with Gasteiger partial charge in [0, 0.05) is 58.4 Å². The van der Waals surface area contributed by atoms with Crippen molar-refractivity contribution < 1.29 is 14.2 Å². The van der Waals surface area contributed by atoms with Crippen molar-refractivity contribution in [2.75, 3.05) is 83.9 Å². The Balaban J connectivity index is 0.00000320. The Labute approximate surface area is 203 Å². The van der Waals surface area contributed by atoms with Crippen LogP contribution in [0, 0.1) is 5.92 Å². The van der Waals surface area contributed by atoms with Crippen LogP contribution in [0.5, 0.6) is 0 Å². The Morgan fingerprint density at radius 2 is 1.93 bits per heavy atom. The second kappa shape index (κ2) is 15.1. The van der Waals surface area contributed by atoms with Crippen molar-refractivity contribution in [1.82, 2.24) is 15.5 Å². The Hall–Kier alpha value is 0.190. The highest BCUT2D eigenvalue weighted by Gasteiger charge is 2.40. The number of guanidine groups is 1. The molecule has 3 fully saturated rings. The van der Waals surface area contributed by atoms with Crippen molar-refractivity contribution in [3.63, 3.8) is 0 Å². The lowest BCUT2D eigenvalue weighted by Crippen LogP contribution is -2.56. The Morgan fingerprint density at radius 3 is 2.63 bits per heavy atom. The van der Waals surface area contributed by atoms with Crippen LogP contribution in [0.4, 0.5) is 0 Å². The van der Waals surface area contributed by atoms with E-state index >= 15 is 0 Å². The molecule has 0 aromatic rings. The molecule has 0 aromatic carbocycles. The molecule has 0 radical (unpaired) electrons. The van der Waals surface area contributed by atoms with Crippen molar-refractivity contribution in [2.45, 2.75) is 38.1 Å². The summed E-state index contributed by atoms with van der Waals surface area (Å²) in [5, 5.41) is 6.90. The molecular weight excluding hydrogens is 515 g/mol. The van der Waals surface area contributed by atoms with Crippen LogP contribution < -0.4 is 10.6 Å². The lowest BCUT2D eigenvalue weighted by atomic mass is 9.96. The molecule has 7 nitrogen and oxygen atoms in total. The van der Waals surface area contributed by atoms with E-state index < -0.39 is 0 Å². The van der Waals surface area contributed by atoms with E-state index in [-0.39, 0.29) is 29.5 Å². The molecule has 0 spiro atoms. The normalized spacial score (nSPS) is 26.4. The summed E-state index contributed by atoms with van der Waals surface area (Å²) in [6, 6.07) is 0. The lowest BCUT2D eigenvalue weighted by Gasteiger charge is -2.42. The van der Waals surface area contributed by atoms with Gasteiger partial charge in [-0.15, -0.1) is 24.0 Å². The van der Waals surface area contributed by atoms with E-state index in [2.05, 4.69) is 34.2 Å². The van der Waals surface area contributed by atoms with Crippen LogP contribution in [-0.4, -0.2) is 100 Å². The average molecular weight is 557 g/mol. The summed E-state index contributed by atoms with van der Waals surface area (Å²) in [6.45, 7) is 12.0. The van der Waals surface area contributed by atoms with Crippen molar-refractivity contribution >= 4 is 41.7 Å². The number of nitrogens with zero attached hydrogens (tertiary/aromatic N) is 2. The van der Waals surface area contributed by atoms with Crippen molar-refractivity contribution in [2.24, 2.45) is 10.9 Å². The predicted octanol–water partition coefficient (Wildman–Crippen LogP) is 2.20. The van der Waals surface area contributed by atoms with Crippen LogP contribution in [0.1, 0.15) is 32.6 Å². The van der Waals surface area contributed by atoms with E-state index in [4.69, 9.17) is 19.2 Å². The fourth-order valence-corrected chi connectivity index (χ4v) is 5.69. The molecule has 0 bridgehead atoms. The summed E-state index contributed by atoms with van der Waals surface area (Å²) >= 11 is 2.06. The van der Waals surface area contributed by atoms with Gasteiger partial charge in [0.05, 0.1) is 25.3 Å². The minimum absolute atomic E-state index is 0. The van der Waals surface area contributed by atoms with Gasteiger partial charge in [0.15, 0.2) is 5.96 Å². The third-order valence-electron chi connectivity index (χ3n) is 6.09. The molecule has 3 aliphatic rings. The highest BCUT2D eigenvalue weighted by Crippen LogP contribution is 2.34. The van der Waals surface area contributed by atoms with Crippen molar-refractivity contribution in [1.29, 1.82) is 0 Å². The first-order chi connectivity index (χ1) is 14.3. The zero-order valence-electron chi connectivity index (χ0n) is 18.5. The average Bonchev–Trinajstić information content (AvgIpc) is 3.26. The number of hydrogen-bond acceptors (Lipinski definition) is 6. The van der Waals surface area contributed by atoms with E-state index in [1.54, 1.807) is 0 Å². The van der Waals surface area contributed by atoms with Gasteiger partial charge >= 0.3 is 0 Å². The number of halogens is 1. The van der Waals surface area contributed by atoms with Crippen LogP contribution in [0.25, 0.3) is 0 Å². The molecule has 0 saturated carbocycles. The second-order valence-electron chi connectivity index (χ2n) is 8.23. The number of ether oxygens (including phenoxy) is 3. The van der Waals surface area contributed by atoms with Gasteiger partial charge in [-0.2, -0.15) is 11.8 Å². The Morgan fingerprint density at radius 1 is 1.17 bits per heavy atom. The number of thioether (sulfide) groups is 1. The van der Waals surface area contributed by atoms with Crippen LogP contribution in [0.3, 0.4) is 0 Å². The van der Waals surface area contributed by atoms with Gasteiger partial charge in [0.2, 0.25) is 0 Å². The summed E-state index contributed by atoms with van der Waals surface area (Å²) in [5.41, 5.74) is 0.198. The fraction of sp³-hybridized carbons (Fsp3) is 0.952. The quantitative estimate of drug-likeness (QED) is 0.185. The van der Waals surface area contributed by atoms with E-state index in [9.17, 15) is 0 Å². The minimum Gasteiger partial charge on any atom is -0.381 e. The lowest BCUT2D eigenvalue weighted by molar-refractivity contribution is -0.0104. The van der Waals surface area contributed by atoms with Crippen LogP contribution >= 0.6 is 35.7 Å². The first-order valence-corrected chi connectivity index (χ1v) is 12.6. The van der Waals surface area contributed by atoms with Gasteiger partial charge in [-0.05, 0) is 44.3 Å². The molecule has 3 saturated heterocycles. The van der Waals surface area contributed by atoms with E-state index in [1.807, 2.05) is 0 Å². The molecule has 0 aliphatic carbocycles. The summed E-state index contributed by atoms with van der Waals surface area (Å²) in [7, 11) is 0. The smallest absolute Gasteiger partial charge is 0.191 e. The van der Waals surface area contributed by atoms with Crippen LogP contribution in [0.15, 0.2) is 4.99 Å². The first kappa shape index (κ1) is 26.4. The molecule has 0 amide bonds. The van der Waals surface area contributed by atoms with E-state index in [0.29, 0.717) is 5.92 Å². The maximum atomic E-state index is 5.87. The fourth-order valence-electron chi connectivity index (χ4n) is 4.22.